The van der Waals surface area contributed by atoms with E-state index >= 15 is 0 Å². The smallest absolute Gasteiger partial charge is 0.220 e. The van der Waals surface area contributed by atoms with Crippen LogP contribution in [0.25, 0.3) is 0 Å². The molecule has 0 heterocycles. The van der Waals surface area contributed by atoms with Gasteiger partial charge >= 0.3 is 7.32 Å². The Hall–Kier alpha value is 1.23. The molecule has 0 aromatic carbocycles. The standard InChI is InChI=1S/C42H93BO3P3/c1-22-25-28-31-34-47(37(4,5)6,38(7,8)9)44-43(45-48(39(10,11)12,40(13,14)15)35-32-29-26-23-2)46-49(41(16,17)18,42(19,20)21)36-33-30-27-24-3/h22-36H2,1-21H3/q+3. The predicted octanol–water partition coefficient (Wildman–Crippen LogP) is 16.4. The van der Waals surface area contributed by atoms with E-state index in [0.29, 0.717) is 0 Å². The van der Waals surface area contributed by atoms with Gasteiger partial charge in [-0.05, 0) is 163 Å². The summed E-state index contributed by atoms with van der Waals surface area (Å²) in [6.45, 7) is 51.0. The minimum atomic E-state index is -2.13. The van der Waals surface area contributed by atoms with Crippen LogP contribution in [0.4, 0.5) is 0 Å². The summed E-state index contributed by atoms with van der Waals surface area (Å²) in [6, 6.07) is 0. The quantitative estimate of drug-likeness (QED) is 0.0664. The molecule has 0 fully saturated rings. The second kappa shape index (κ2) is 19.7. The van der Waals surface area contributed by atoms with Crippen LogP contribution in [0.1, 0.15) is 222 Å². The van der Waals surface area contributed by atoms with Gasteiger partial charge in [0.05, 0.1) is 49.4 Å². The molecule has 0 bridgehead atoms. The van der Waals surface area contributed by atoms with Crippen LogP contribution in [0.3, 0.4) is 0 Å². The largest absolute Gasteiger partial charge is 0.749 e. The molecule has 0 saturated heterocycles. The van der Waals surface area contributed by atoms with E-state index < -0.39 is 29.8 Å². The van der Waals surface area contributed by atoms with Gasteiger partial charge in [-0.25, -0.2) is 13.3 Å². The third-order valence-corrected chi connectivity index (χ3v) is 28.7. The molecule has 3 nitrogen and oxygen atoms in total. The molecule has 7 heteroatoms. The van der Waals surface area contributed by atoms with Crippen molar-refractivity contribution in [3.8, 4) is 0 Å². The van der Waals surface area contributed by atoms with E-state index in [2.05, 4.69) is 145 Å². The maximum absolute atomic E-state index is 8.02. The molecule has 49 heavy (non-hydrogen) atoms. The number of hydrogen-bond donors (Lipinski definition) is 0. The fraction of sp³-hybridized carbons (Fsp3) is 1.00. The highest BCUT2D eigenvalue weighted by Gasteiger charge is 2.71. The molecule has 0 N–H and O–H groups in total. The summed E-state index contributed by atoms with van der Waals surface area (Å²) in [5.74, 6) is 0. The van der Waals surface area contributed by atoms with Crippen molar-refractivity contribution in [1.82, 2.24) is 0 Å². The minimum Gasteiger partial charge on any atom is -0.220 e. The average Bonchev–Trinajstić information content (AvgIpc) is 2.89. The molecule has 0 saturated carbocycles. The second-order valence-electron chi connectivity index (χ2n) is 21.2. The highest BCUT2D eigenvalue weighted by molar-refractivity contribution is 7.78. The molecule has 0 radical (unpaired) electrons. The summed E-state index contributed by atoms with van der Waals surface area (Å²) in [5, 5.41) is -0.0844. The van der Waals surface area contributed by atoms with Crippen LogP contribution in [0.15, 0.2) is 0 Å². The molecule has 0 aromatic rings. The third kappa shape index (κ3) is 13.2. The Bertz CT molecular complexity index is 750. The van der Waals surface area contributed by atoms with Crippen LogP contribution in [0.5, 0.6) is 0 Å². The Morgan fingerprint density at radius 2 is 0.490 bits per heavy atom. The SMILES string of the molecule is CCCCCC[P+](OB(O[P+](CCCCCC)(C(C)(C)C)C(C)(C)C)O[P+](CCCCCC)(C(C)(C)C)C(C)(C)C)(C(C)(C)C)C(C)(C)C. The Kier molecular flexibility index (Phi) is 20.2. The van der Waals surface area contributed by atoms with Gasteiger partial charge in [-0.1, -0.05) is 59.3 Å². The highest BCUT2D eigenvalue weighted by atomic mass is 31.2. The van der Waals surface area contributed by atoms with Crippen molar-refractivity contribution in [3.63, 3.8) is 0 Å². The molecule has 0 aliphatic carbocycles. The summed E-state index contributed by atoms with van der Waals surface area (Å²) in [6.07, 6.45) is 18.3. The monoisotopic (exact) mass is 750 g/mol. The van der Waals surface area contributed by atoms with E-state index in [4.69, 9.17) is 13.3 Å². The van der Waals surface area contributed by atoms with E-state index in [9.17, 15) is 0 Å². The molecule has 0 aliphatic rings. The summed E-state index contributed by atoms with van der Waals surface area (Å²) in [4.78, 5) is 0. The zero-order valence-electron chi connectivity index (χ0n) is 37.8. The van der Waals surface area contributed by atoms with E-state index in [0.717, 1.165) is 18.5 Å². The molecule has 0 aromatic heterocycles. The summed E-state index contributed by atoms with van der Waals surface area (Å²) in [7, 11) is -7.06. The maximum atomic E-state index is 8.02. The van der Waals surface area contributed by atoms with E-state index in [1.807, 2.05) is 0 Å². The van der Waals surface area contributed by atoms with Crippen LogP contribution in [-0.4, -0.2) is 56.7 Å². The van der Waals surface area contributed by atoms with Crippen LogP contribution in [0, 0.1) is 0 Å². The molecule has 0 rings (SSSR count). The zero-order chi connectivity index (χ0) is 38.8. The fourth-order valence-electron chi connectivity index (χ4n) is 8.92. The second-order valence-corrected chi connectivity index (χ2v) is 35.7. The van der Waals surface area contributed by atoms with Gasteiger partial charge in [-0.2, -0.15) is 0 Å². The first kappa shape index (κ1) is 50.2. The zero-order valence-corrected chi connectivity index (χ0v) is 40.4. The van der Waals surface area contributed by atoms with Crippen molar-refractivity contribution in [2.45, 2.75) is 253 Å². The Morgan fingerprint density at radius 3 is 0.633 bits per heavy atom. The average molecular weight is 750 g/mol. The number of unbranched alkanes of at least 4 members (excludes halogenated alkanes) is 9. The molecule has 0 aliphatic heterocycles. The van der Waals surface area contributed by atoms with Gasteiger partial charge < -0.3 is 0 Å². The highest BCUT2D eigenvalue weighted by Crippen LogP contribution is 2.84. The van der Waals surface area contributed by atoms with E-state index in [1.165, 1.54) is 77.0 Å². The van der Waals surface area contributed by atoms with Crippen molar-refractivity contribution >= 4 is 29.8 Å². The molecule has 0 atom stereocenters. The third-order valence-electron chi connectivity index (χ3n) is 11.3. The summed E-state index contributed by atoms with van der Waals surface area (Å²) in [5.41, 5.74) is 0. The van der Waals surface area contributed by atoms with Gasteiger partial charge in [0.1, 0.15) is 22.5 Å². The van der Waals surface area contributed by atoms with Gasteiger partial charge in [-0.3, -0.25) is 0 Å². The predicted molar refractivity (Wildman–Crippen MR) is 235 cm³/mol. The molecular weight excluding hydrogens is 656 g/mol. The molecule has 294 valence electrons. The first-order valence-electron chi connectivity index (χ1n) is 20.7. The van der Waals surface area contributed by atoms with Gasteiger partial charge in [0.2, 0.25) is 0 Å². The Morgan fingerprint density at radius 1 is 0.306 bits per heavy atom. The lowest BCUT2D eigenvalue weighted by Crippen LogP contribution is -2.48. The Labute approximate surface area is 313 Å². The van der Waals surface area contributed by atoms with Crippen molar-refractivity contribution < 1.29 is 13.3 Å². The molecule has 0 amide bonds. The van der Waals surface area contributed by atoms with Crippen molar-refractivity contribution in [3.05, 3.63) is 0 Å². The van der Waals surface area contributed by atoms with Crippen molar-refractivity contribution in [1.29, 1.82) is 0 Å². The molecule has 0 spiro atoms. The first-order chi connectivity index (χ1) is 22.0. The normalized spacial score (nSPS) is 14.9. The van der Waals surface area contributed by atoms with Crippen molar-refractivity contribution in [2.75, 3.05) is 18.5 Å². The van der Waals surface area contributed by atoms with Gasteiger partial charge in [0.15, 0.2) is 0 Å². The van der Waals surface area contributed by atoms with Gasteiger partial charge in [0, 0.05) is 0 Å². The van der Waals surface area contributed by atoms with Crippen LogP contribution >= 0.6 is 22.5 Å². The van der Waals surface area contributed by atoms with Crippen LogP contribution in [0.2, 0.25) is 0 Å². The van der Waals surface area contributed by atoms with Gasteiger partial charge in [0.25, 0.3) is 0 Å². The van der Waals surface area contributed by atoms with Crippen molar-refractivity contribution in [2.24, 2.45) is 0 Å². The number of rotatable bonds is 21. The lowest BCUT2D eigenvalue weighted by molar-refractivity contribution is 0.299. The lowest BCUT2D eigenvalue weighted by atomic mass is 10.2. The fourth-order valence-corrected chi connectivity index (χ4v) is 24.5. The summed E-state index contributed by atoms with van der Waals surface area (Å²) >= 11 is 0. The van der Waals surface area contributed by atoms with Gasteiger partial charge in [-0.15, -0.1) is 0 Å². The minimum absolute atomic E-state index is 0.0141. The summed E-state index contributed by atoms with van der Waals surface area (Å²) < 4.78 is 24.0. The molecule has 0 unspecified atom stereocenters. The lowest BCUT2D eigenvalue weighted by Gasteiger charge is -2.50. The topological polar surface area (TPSA) is 27.7 Å². The maximum Gasteiger partial charge on any atom is 0.749 e. The van der Waals surface area contributed by atoms with Crippen LogP contribution in [-0.2, 0) is 13.3 Å². The van der Waals surface area contributed by atoms with E-state index in [1.54, 1.807) is 0 Å². The number of hydrogen-bond acceptors (Lipinski definition) is 3. The first-order valence-corrected chi connectivity index (χ1v) is 26.3. The van der Waals surface area contributed by atoms with Crippen LogP contribution < -0.4 is 0 Å². The molecular formula is C42H93BO3P3+3. The Balaban J connectivity index is 7.93. The van der Waals surface area contributed by atoms with E-state index in [-0.39, 0.29) is 30.9 Å².